The topological polar surface area (TPSA) is 32.3 Å². The van der Waals surface area contributed by atoms with Crippen molar-refractivity contribution in [2.24, 2.45) is 5.41 Å². The van der Waals surface area contributed by atoms with Crippen molar-refractivity contribution in [3.8, 4) is 0 Å². The molecule has 2 aliphatic rings. The lowest BCUT2D eigenvalue weighted by Crippen LogP contribution is -2.48. The third-order valence-corrected chi connectivity index (χ3v) is 5.34. The molecule has 1 aromatic heterocycles. The summed E-state index contributed by atoms with van der Waals surface area (Å²) in [4.78, 5) is 16.2. The molecule has 0 saturated carbocycles. The van der Waals surface area contributed by atoms with Crippen molar-refractivity contribution in [3.05, 3.63) is 21.9 Å². The van der Waals surface area contributed by atoms with Gasteiger partial charge in [-0.05, 0) is 49.4 Å². The van der Waals surface area contributed by atoms with E-state index in [1.165, 1.54) is 10.4 Å². The van der Waals surface area contributed by atoms with Gasteiger partial charge in [-0.15, -0.1) is 11.3 Å². The molecule has 0 bridgehead atoms. The molecule has 1 fully saturated rings. The lowest BCUT2D eigenvalue weighted by Gasteiger charge is -2.38. The molecule has 0 aliphatic carbocycles. The molecule has 18 heavy (non-hydrogen) atoms. The molecule has 1 saturated heterocycles. The van der Waals surface area contributed by atoms with Gasteiger partial charge in [-0.3, -0.25) is 4.79 Å². The van der Waals surface area contributed by atoms with Crippen molar-refractivity contribution in [2.75, 3.05) is 19.6 Å². The Kier molecular flexibility index (Phi) is 3.16. The molecular weight excluding hydrogens is 244 g/mol. The fraction of sp³-hybridized carbons (Fsp3) is 0.643. The van der Waals surface area contributed by atoms with Crippen LogP contribution in [-0.2, 0) is 17.8 Å². The van der Waals surface area contributed by atoms with Gasteiger partial charge in [-0.25, -0.2) is 0 Å². The van der Waals surface area contributed by atoms with Crippen LogP contribution < -0.4 is 5.32 Å². The second-order valence-corrected chi connectivity index (χ2v) is 6.66. The Balaban J connectivity index is 1.74. The third kappa shape index (κ3) is 2.08. The van der Waals surface area contributed by atoms with E-state index in [2.05, 4.69) is 28.6 Å². The predicted molar refractivity (Wildman–Crippen MR) is 73.7 cm³/mol. The first-order chi connectivity index (χ1) is 8.69. The number of thiophene rings is 1. The zero-order valence-corrected chi connectivity index (χ0v) is 11.7. The molecule has 1 amide bonds. The molecule has 3 heterocycles. The number of rotatable bonds is 1. The highest BCUT2D eigenvalue weighted by Gasteiger charge is 2.38. The van der Waals surface area contributed by atoms with Gasteiger partial charge in [0, 0.05) is 23.4 Å². The average Bonchev–Trinajstić information content (AvgIpc) is 2.86. The summed E-state index contributed by atoms with van der Waals surface area (Å²) in [7, 11) is 0. The van der Waals surface area contributed by atoms with Gasteiger partial charge < -0.3 is 10.2 Å². The van der Waals surface area contributed by atoms with Gasteiger partial charge in [-0.2, -0.15) is 0 Å². The van der Waals surface area contributed by atoms with Crippen molar-refractivity contribution >= 4 is 17.2 Å². The molecule has 0 atom stereocenters. The summed E-state index contributed by atoms with van der Waals surface area (Å²) in [5.41, 5.74) is 1.22. The minimum Gasteiger partial charge on any atom is -0.337 e. The van der Waals surface area contributed by atoms with E-state index in [9.17, 15) is 4.79 Å². The monoisotopic (exact) mass is 264 g/mol. The Hall–Kier alpha value is -0.870. The minimum atomic E-state index is -0.140. The fourth-order valence-corrected chi connectivity index (χ4v) is 3.89. The van der Waals surface area contributed by atoms with Crippen LogP contribution in [0.5, 0.6) is 0 Å². The zero-order chi connectivity index (χ0) is 12.6. The van der Waals surface area contributed by atoms with Crippen molar-refractivity contribution in [2.45, 2.75) is 32.7 Å². The number of nitrogens with zero attached hydrogens (tertiary/aromatic N) is 1. The Morgan fingerprint density at radius 3 is 3.00 bits per heavy atom. The molecule has 1 aromatic rings. The van der Waals surface area contributed by atoms with Crippen molar-refractivity contribution < 1.29 is 4.79 Å². The lowest BCUT2D eigenvalue weighted by molar-refractivity contribution is -0.143. The highest BCUT2D eigenvalue weighted by molar-refractivity contribution is 7.10. The average molecular weight is 264 g/mol. The molecule has 0 spiro atoms. The normalized spacial score (nSPS) is 22.6. The summed E-state index contributed by atoms with van der Waals surface area (Å²) in [5.74, 6) is 0.362. The number of nitrogens with one attached hydrogen (secondary N) is 1. The minimum absolute atomic E-state index is 0.140. The van der Waals surface area contributed by atoms with Crippen molar-refractivity contribution in [1.29, 1.82) is 0 Å². The van der Waals surface area contributed by atoms with Gasteiger partial charge in [0.05, 0.1) is 0 Å². The van der Waals surface area contributed by atoms with Crippen LogP contribution in [0.1, 0.15) is 30.2 Å². The van der Waals surface area contributed by atoms with Gasteiger partial charge in [0.15, 0.2) is 0 Å². The van der Waals surface area contributed by atoms with E-state index < -0.39 is 0 Å². The number of hydrogen-bond donors (Lipinski definition) is 1. The number of amides is 1. The van der Waals surface area contributed by atoms with Gasteiger partial charge in [0.2, 0.25) is 5.91 Å². The fourth-order valence-electron chi connectivity index (χ4n) is 3.00. The number of carbonyl (C=O) groups is 1. The summed E-state index contributed by atoms with van der Waals surface area (Å²) in [5, 5.41) is 5.48. The molecule has 0 radical (unpaired) electrons. The predicted octanol–water partition coefficient (Wildman–Crippen LogP) is 2.02. The summed E-state index contributed by atoms with van der Waals surface area (Å²) in [6.07, 6.45) is 2.98. The summed E-state index contributed by atoms with van der Waals surface area (Å²) in [6, 6.07) is 2.17. The number of carbonyl (C=O) groups excluding carboxylic acids is 1. The second-order valence-electron chi connectivity index (χ2n) is 5.66. The van der Waals surface area contributed by atoms with E-state index in [0.29, 0.717) is 5.91 Å². The molecule has 4 heteroatoms. The maximum Gasteiger partial charge on any atom is 0.228 e. The van der Waals surface area contributed by atoms with Crippen LogP contribution in [0.4, 0.5) is 0 Å². The van der Waals surface area contributed by atoms with Gasteiger partial charge >= 0.3 is 0 Å². The largest absolute Gasteiger partial charge is 0.337 e. The highest BCUT2D eigenvalue weighted by atomic mass is 32.1. The molecule has 3 nitrogen and oxygen atoms in total. The van der Waals surface area contributed by atoms with Gasteiger partial charge in [0.1, 0.15) is 0 Å². The number of piperidine rings is 1. The molecule has 0 unspecified atom stereocenters. The van der Waals surface area contributed by atoms with Crippen LogP contribution in [0.25, 0.3) is 0 Å². The molecule has 98 valence electrons. The standard InChI is InChI=1S/C14H20N2OS/c1-14(4-6-15-7-5-14)13(17)16-8-2-12-11(10-16)3-9-18-12/h3,9,15H,2,4-8,10H2,1H3. The van der Waals surface area contributed by atoms with Crippen molar-refractivity contribution in [1.82, 2.24) is 10.2 Å². The first kappa shape index (κ1) is 12.2. The van der Waals surface area contributed by atoms with Crippen LogP contribution in [0, 0.1) is 5.41 Å². The summed E-state index contributed by atoms with van der Waals surface area (Å²) in [6.45, 7) is 5.80. The van der Waals surface area contributed by atoms with Gasteiger partial charge in [-0.1, -0.05) is 6.92 Å². The first-order valence-electron chi connectivity index (χ1n) is 6.74. The lowest BCUT2D eigenvalue weighted by atomic mass is 9.79. The Morgan fingerprint density at radius 1 is 1.44 bits per heavy atom. The molecular formula is C14H20N2OS. The molecule has 3 rings (SSSR count). The number of hydrogen-bond acceptors (Lipinski definition) is 3. The third-order valence-electron chi connectivity index (χ3n) is 4.32. The molecule has 2 aliphatic heterocycles. The summed E-state index contributed by atoms with van der Waals surface area (Å²) < 4.78 is 0. The van der Waals surface area contributed by atoms with Crippen molar-refractivity contribution in [3.63, 3.8) is 0 Å². The van der Waals surface area contributed by atoms with Crippen LogP contribution in [-0.4, -0.2) is 30.4 Å². The van der Waals surface area contributed by atoms with Crippen LogP contribution in [0.15, 0.2) is 11.4 Å². The van der Waals surface area contributed by atoms with Crippen LogP contribution in [0.3, 0.4) is 0 Å². The van der Waals surface area contributed by atoms with Crippen LogP contribution in [0.2, 0.25) is 0 Å². The summed E-state index contributed by atoms with van der Waals surface area (Å²) >= 11 is 1.83. The SMILES string of the molecule is CC1(C(=O)N2CCc3sccc3C2)CCNCC1. The maximum atomic E-state index is 12.7. The van der Waals surface area contributed by atoms with E-state index in [0.717, 1.165) is 45.4 Å². The molecule has 1 N–H and O–H groups in total. The maximum absolute atomic E-state index is 12.7. The second kappa shape index (κ2) is 4.67. The van der Waals surface area contributed by atoms with Crippen LogP contribution >= 0.6 is 11.3 Å². The zero-order valence-electron chi connectivity index (χ0n) is 10.9. The number of fused-ring (bicyclic) bond motifs is 1. The van der Waals surface area contributed by atoms with Gasteiger partial charge in [0.25, 0.3) is 0 Å². The smallest absolute Gasteiger partial charge is 0.228 e. The van der Waals surface area contributed by atoms with E-state index in [4.69, 9.17) is 0 Å². The molecule has 0 aromatic carbocycles. The quantitative estimate of drug-likeness (QED) is 0.841. The van der Waals surface area contributed by atoms with E-state index in [1.54, 1.807) is 0 Å². The first-order valence-corrected chi connectivity index (χ1v) is 7.62. The van der Waals surface area contributed by atoms with E-state index >= 15 is 0 Å². The van der Waals surface area contributed by atoms with E-state index in [1.807, 2.05) is 11.3 Å². The Morgan fingerprint density at radius 2 is 2.22 bits per heavy atom. The van der Waals surface area contributed by atoms with E-state index in [-0.39, 0.29) is 5.41 Å². The Labute approximate surface area is 112 Å². The Bertz CT molecular complexity index is 448. The highest BCUT2D eigenvalue weighted by Crippen LogP contribution is 2.33.